The number of nitrogens with zero attached hydrogens (tertiary/aromatic N) is 2. The van der Waals surface area contributed by atoms with Crippen molar-refractivity contribution >= 4 is 43.9 Å². The largest absolute Gasteiger partial charge is 0.456 e. The summed E-state index contributed by atoms with van der Waals surface area (Å²) in [6.45, 7) is 0. The van der Waals surface area contributed by atoms with E-state index in [-0.39, 0.29) is 0 Å². The monoisotopic (exact) mass is 536 g/mol. The summed E-state index contributed by atoms with van der Waals surface area (Å²) in [5.41, 5.74) is 9.95. The zero-order chi connectivity index (χ0) is 28.2. The van der Waals surface area contributed by atoms with Gasteiger partial charge in [-0.1, -0.05) is 60.7 Å². The first-order chi connectivity index (χ1) is 20.7. The maximum Gasteiger partial charge on any atom is 0.153 e. The number of fused-ring (bicyclic) bond motifs is 6. The molecule has 0 aliphatic heterocycles. The van der Waals surface area contributed by atoms with Crippen LogP contribution in [0.25, 0.3) is 77.3 Å². The number of nitriles is 2. The van der Waals surface area contributed by atoms with E-state index in [4.69, 9.17) is 8.83 Å². The van der Waals surface area contributed by atoms with Crippen LogP contribution in [0.2, 0.25) is 0 Å². The van der Waals surface area contributed by atoms with Gasteiger partial charge in [0.25, 0.3) is 0 Å². The Morgan fingerprint density at radius 2 is 0.976 bits per heavy atom. The van der Waals surface area contributed by atoms with Crippen LogP contribution in [0.1, 0.15) is 11.1 Å². The molecule has 0 saturated carbocycles. The van der Waals surface area contributed by atoms with Gasteiger partial charge in [-0.15, -0.1) is 0 Å². The molecule has 0 spiro atoms. The summed E-state index contributed by atoms with van der Waals surface area (Å²) in [6.07, 6.45) is 0. The molecule has 0 fully saturated rings. The van der Waals surface area contributed by atoms with E-state index in [2.05, 4.69) is 60.7 Å². The highest BCUT2D eigenvalue weighted by Crippen LogP contribution is 2.39. The lowest BCUT2D eigenvalue weighted by atomic mass is 9.91. The molecule has 0 saturated heterocycles. The highest BCUT2D eigenvalue weighted by molar-refractivity contribution is 6.08. The Morgan fingerprint density at radius 1 is 0.405 bits per heavy atom. The van der Waals surface area contributed by atoms with Crippen LogP contribution in [0.4, 0.5) is 0 Å². The van der Waals surface area contributed by atoms with Crippen molar-refractivity contribution in [2.24, 2.45) is 0 Å². The number of benzene rings is 6. The van der Waals surface area contributed by atoms with E-state index in [1.165, 1.54) is 0 Å². The lowest BCUT2D eigenvalue weighted by molar-refractivity contribution is 0.667. The third kappa shape index (κ3) is 3.68. The fraction of sp³-hybridized carbons (Fsp3) is 0. The minimum Gasteiger partial charge on any atom is -0.456 e. The number of rotatable bonds is 3. The van der Waals surface area contributed by atoms with Crippen molar-refractivity contribution in [3.05, 3.63) is 132 Å². The smallest absolute Gasteiger partial charge is 0.153 e. The van der Waals surface area contributed by atoms with Gasteiger partial charge < -0.3 is 8.83 Å². The SMILES string of the molecule is N#Cc1ccccc1-c1cc(-c2ccc3c(c2)oc2ccccc23)cc(-c2ccc3c(c2)oc2c(C#N)cccc23)c1. The molecule has 8 aromatic rings. The summed E-state index contributed by atoms with van der Waals surface area (Å²) in [4.78, 5) is 0. The Balaban J connectivity index is 1.35. The molecule has 0 aliphatic rings. The summed E-state index contributed by atoms with van der Waals surface area (Å²) in [5, 5.41) is 23.5. The topological polar surface area (TPSA) is 73.9 Å². The van der Waals surface area contributed by atoms with E-state index in [0.29, 0.717) is 16.7 Å². The van der Waals surface area contributed by atoms with Crippen molar-refractivity contribution < 1.29 is 8.83 Å². The van der Waals surface area contributed by atoms with E-state index in [0.717, 1.165) is 71.7 Å². The molecule has 4 nitrogen and oxygen atoms in total. The molecule has 4 heteroatoms. The zero-order valence-corrected chi connectivity index (χ0v) is 22.3. The Kier molecular flexibility index (Phi) is 5.22. The first-order valence-corrected chi connectivity index (χ1v) is 13.6. The second-order valence-electron chi connectivity index (χ2n) is 10.4. The lowest BCUT2D eigenvalue weighted by Gasteiger charge is -2.12. The third-order valence-electron chi connectivity index (χ3n) is 7.96. The molecule has 0 bridgehead atoms. The molecular formula is C38H20N2O2. The van der Waals surface area contributed by atoms with Crippen LogP contribution >= 0.6 is 0 Å². The van der Waals surface area contributed by atoms with Crippen molar-refractivity contribution in [3.63, 3.8) is 0 Å². The summed E-state index contributed by atoms with van der Waals surface area (Å²) >= 11 is 0. The van der Waals surface area contributed by atoms with Crippen molar-refractivity contribution in [2.75, 3.05) is 0 Å². The van der Waals surface area contributed by atoms with Crippen molar-refractivity contribution in [1.29, 1.82) is 10.5 Å². The molecule has 2 aromatic heterocycles. The quantitative estimate of drug-likeness (QED) is 0.225. The normalized spacial score (nSPS) is 11.3. The molecule has 6 aromatic carbocycles. The van der Waals surface area contributed by atoms with Gasteiger partial charge in [0.05, 0.1) is 17.2 Å². The van der Waals surface area contributed by atoms with E-state index >= 15 is 0 Å². The second-order valence-corrected chi connectivity index (χ2v) is 10.4. The Morgan fingerprint density at radius 3 is 1.74 bits per heavy atom. The van der Waals surface area contributed by atoms with E-state index in [1.54, 1.807) is 6.07 Å². The maximum atomic E-state index is 9.87. The standard InChI is InChI=1S/C38H20N2O2/c39-21-25-6-1-2-8-30(25)29-17-27(23-12-14-32-31-9-3-4-11-35(31)41-36(32)19-23)16-28(18-29)24-13-15-33-34-10-5-7-26(22-40)38(34)42-37(33)20-24/h1-20H. The minimum absolute atomic E-state index is 0.517. The molecule has 0 amide bonds. The highest BCUT2D eigenvalue weighted by Gasteiger charge is 2.15. The molecule has 0 unspecified atom stereocenters. The van der Waals surface area contributed by atoms with Crippen LogP contribution < -0.4 is 0 Å². The van der Waals surface area contributed by atoms with Crippen LogP contribution in [0.5, 0.6) is 0 Å². The average Bonchev–Trinajstić information content (AvgIpc) is 3.62. The van der Waals surface area contributed by atoms with Crippen molar-refractivity contribution in [1.82, 2.24) is 0 Å². The van der Waals surface area contributed by atoms with Gasteiger partial charge in [-0.25, -0.2) is 0 Å². The predicted molar refractivity (Wildman–Crippen MR) is 167 cm³/mol. The predicted octanol–water partition coefficient (Wildman–Crippen LogP) is 10.2. The number of furan rings is 2. The van der Waals surface area contributed by atoms with Gasteiger partial charge in [-0.3, -0.25) is 0 Å². The maximum absolute atomic E-state index is 9.87. The van der Waals surface area contributed by atoms with Crippen molar-refractivity contribution in [2.45, 2.75) is 0 Å². The van der Waals surface area contributed by atoms with Gasteiger partial charge in [0.15, 0.2) is 5.58 Å². The van der Waals surface area contributed by atoms with E-state index in [1.807, 2.05) is 66.7 Å². The van der Waals surface area contributed by atoms with Gasteiger partial charge in [-0.2, -0.15) is 10.5 Å². The second kappa shape index (κ2) is 9.24. The zero-order valence-electron chi connectivity index (χ0n) is 22.3. The summed E-state index contributed by atoms with van der Waals surface area (Å²) in [5.74, 6) is 0. The Bertz CT molecular complexity index is 2450. The number of hydrogen-bond acceptors (Lipinski definition) is 4. The van der Waals surface area contributed by atoms with Gasteiger partial charge >= 0.3 is 0 Å². The van der Waals surface area contributed by atoms with Crippen LogP contribution in [-0.4, -0.2) is 0 Å². The first kappa shape index (κ1) is 23.8. The van der Waals surface area contributed by atoms with E-state index in [9.17, 15) is 10.5 Å². The molecule has 8 rings (SSSR count). The van der Waals surface area contributed by atoms with Gasteiger partial charge in [0.2, 0.25) is 0 Å². The molecule has 0 radical (unpaired) electrons. The van der Waals surface area contributed by atoms with Gasteiger partial charge in [-0.05, 0) is 94.0 Å². The minimum atomic E-state index is 0.517. The molecule has 42 heavy (non-hydrogen) atoms. The number of hydrogen-bond donors (Lipinski definition) is 0. The summed E-state index contributed by atoms with van der Waals surface area (Å²) < 4.78 is 12.4. The fourth-order valence-electron chi connectivity index (χ4n) is 5.92. The fourth-order valence-corrected chi connectivity index (χ4v) is 5.92. The molecule has 0 N–H and O–H groups in total. The first-order valence-electron chi connectivity index (χ1n) is 13.6. The number of para-hydroxylation sites is 2. The Hall–Kier alpha value is -6.10. The van der Waals surface area contributed by atoms with Crippen LogP contribution in [-0.2, 0) is 0 Å². The summed E-state index contributed by atoms with van der Waals surface area (Å²) in [6, 6.07) is 44.8. The van der Waals surface area contributed by atoms with Gasteiger partial charge in [0.1, 0.15) is 22.8 Å². The average molecular weight is 537 g/mol. The summed E-state index contributed by atoms with van der Waals surface area (Å²) in [7, 11) is 0. The van der Waals surface area contributed by atoms with Crippen molar-refractivity contribution in [3.8, 4) is 45.5 Å². The third-order valence-corrected chi connectivity index (χ3v) is 7.96. The lowest BCUT2D eigenvalue weighted by Crippen LogP contribution is -1.88. The molecule has 0 aliphatic carbocycles. The molecule has 2 heterocycles. The Labute approximate surface area is 240 Å². The van der Waals surface area contributed by atoms with Crippen LogP contribution in [0.3, 0.4) is 0 Å². The molecule has 194 valence electrons. The van der Waals surface area contributed by atoms with Crippen LogP contribution in [0, 0.1) is 22.7 Å². The highest BCUT2D eigenvalue weighted by atomic mass is 16.3. The molecular weight excluding hydrogens is 516 g/mol. The van der Waals surface area contributed by atoms with Gasteiger partial charge in [0, 0.05) is 21.5 Å². The molecule has 0 atom stereocenters. The van der Waals surface area contributed by atoms with Crippen LogP contribution in [0.15, 0.2) is 130 Å². The van der Waals surface area contributed by atoms with E-state index < -0.39 is 0 Å².